The minimum absolute atomic E-state index is 0.0273. The van der Waals surface area contributed by atoms with Crippen molar-refractivity contribution in [3.05, 3.63) is 36.0 Å². The molecule has 0 radical (unpaired) electrons. The van der Waals surface area contributed by atoms with E-state index < -0.39 is 35.5 Å². The first-order valence-electron chi connectivity index (χ1n) is 12.9. The van der Waals surface area contributed by atoms with Crippen molar-refractivity contribution in [1.29, 1.82) is 0 Å². The van der Waals surface area contributed by atoms with Gasteiger partial charge in [0.1, 0.15) is 6.10 Å². The molecule has 1 fully saturated rings. The quantitative estimate of drug-likeness (QED) is 0.176. The first kappa shape index (κ1) is 29.7. The highest BCUT2D eigenvalue weighted by Gasteiger charge is 2.47. The summed E-state index contributed by atoms with van der Waals surface area (Å²) in [6.45, 7) is 11.2. The number of epoxide rings is 1. The van der Waals surface area contributed by atoms with Crippen LogP contribution in [0.3, 0.4) is 0 Å². The van der Waals surface area contributed by atoms with Crippen LogP contribution in [0.1, 0.15) is 80.1 Å². The third kappa shape index (κ3) is 9.81. The second kappa shape index (κ2) is 12.6. The number of hydrogen-bond donors (Lipinski definition) is 4. The average Bonchev–Trinajstić information content (AvgIpc) is 3.51. The largest absolute Gasteiger partial charge is 0.457 e. The maximum Gasteiger partial charge on any atom is 0.309 e. The molecule has 9 atom stereocenters. The van der Waals surface area contributed by atoms with Gasteiger partial charge < -0.3 is 29.9 Å². The number of hydrogen-bond acceptors (Lipinski definition) is 7. The molecule has 2 rings (SSSR count). The molecule has 7 nitrogen and oxygen atoms in total. The Balaban J connectivity index is 2.06. The molecular formula is C28H46O7. The number of ether oxygens (including phenoxy) is 2. The fourth-order valence-corrected chi connectivity index (χ4v) is 4.67. The van der Waals surface area contributed by atoms with Gasteiger partial charge in [-0.3, -0.25) is 4.79 Å². The van der Waals surface area contributed by atoms with Crippen LogP contribution >= 0.6 is 0 Å². The zero-order valence-electron chi connectivity index (χ0n) is 22.2. The predicted molar refractivity (Wildman–Crippen MR) is 136 cm³/mol. The Morgan fingerprint density at radius 2 is 2.09 bits per heavy atom. The molecule has 200 valence electrons. The second-order valence-electron chi connectivity index (χ2n) is 11.1. The van der Waals surface area contributed by atoms with Gasteiger partial charge in [0.25, 0.3) is 0 Å². The number of aliphatic hydroxyl groups excluding tert-OH is 2. The molecule has 0 aromatic heterocycles. The van der Waals surface area contributed by atoms with E-state index in [0.29, 0.717) is 32.1 Å². The molecule has 0 saturated carbocycles. The number of carbonyl (C=O) groups is 1. The van der Waals surface area contributed by atoms with E-state index in [1.54, 1.807) is 26.0 Å². The molecule has 35 heavy (non-hydrogen) atoms. The maximum absolute atomic E-state index is 12.5. The molecule has 0 spiro atoms. The lowest BCUT2D eigenvalue weighted by atomic mass is 9.90. The lowest BCUT2D eigenvalue weighted by molar-refractivity contribution is -0.151. The van der Waals surface area contributed by atoms with Crippen molar-refractivity contribution < 1.29 is 34.7 Å². The van der Waals surface area contributed by atoms with E-state index >= 15 is 0 Å². The summed E-state index contributed by atoms with van der Waals surface area (Å²) in [5, 5.41) is 41.5. The number of rotatable bonds is 8. The highest BCUT2D eigenvalue weighted by atomic mass is 16.6. The fraction of sp³-hybridized carbons (Fsp3) is 0.750. The van der Waals surface area contributed by atoms with Crippen molar-refractivity contribution in [2.24, 2.45) is 11.8 Å². The lowest BCUT2D eigenvalue weighted by Crippen LogP contribution is -2.30. The molecule has 2 aliphatic rings. The van der Waals surface area contributed by atoms with Crippen LogP contribution in [0.5, 0.6) is 0 Å². The van der Waals surface area contributed by atoms with E-state index in [2.05, 4.69) is 0 Å². The summed E-state index contributed by atoms with van der Waals surface area (Å²) in [7, 11) is 0. The van der Waals surface area contributed by atoms with Gasteiger partial charge >= 0.3 is 5.97 Å². The molecule has 0 bridgehead atoms. The van der Waals surface area contributed by atoms with E-state index in [-0.39, 0.29) is 30.5 Å². The maximum atomic E-state index is 12.5. The monoisotopic (exact) mass is 494 g/mol. The Morgan fingerprint density at radius 3 is 2.74 bits per heavy atom. The lowest BCUT2D eigenvalue weighted by Gasteiger charge is -2.27. The highest BCUT2D eigenvalue weighted by Crippen LogP contribution is 2.37. The van der Waals surface area contributed by atoms with Gasteiger partial charge in [0.05, 0.1) is 42.0 Å². The van der Waals surface area contributed by atoms with Gasteiger partial charge in [-0.15, -0.1) is 0 Å². The van der Waals surface area contributed by atoms with Gasteiger partial charge in [-0.25, -0.2) is 0 Å². The highest BCUT2D eigenvalue weighted by molar-refractivity contribution is 5.70. The van der Waals surface area contributed by atoms with Crippen molar-refractivity contribution in [2.45, 2.75) is 122 Å². The number of esters is 1. The van der Waals surface area contributed by atoms with Crippen LogP contribution in [0.15, 0.2) is 36.0 Å². The van der Waals surface area contributed by atoms with E-state index in [1.165, 1.54) is 0 Å². The van der Waals surface area contributed by atoms with Crippen molar-refractivity contribution >= 4 is 5.97 Å². The van der Waals surface area contributed by atoms with Gasteiger partial charge in [0.15, 0.2) is 0 Å². The summed E-state index contributed by atoms with van der Waals surface area (Å²) in [5.74, 6) is -0.588. The first-order chi connectivity index (χ1) is 16.2. The van der Waals surface area contributed by atoms with Gasteiger partial charge in [0.2, 0.25) is 0 Å². The topological polar surface area (TPSA) is 120 Å². The summed E-state index contributed by atoms with van der Waals surface area (Å²) in [4.78, 5) is 12.5. The Bertz CT molecular complexity index is 782. The van der Waals surface area contributed by atoms with E-state index in [0.717, 1.165) is 5.57 Å². The third-order valence-corrected chi connectivity index (χ3v) is 7.19. The third-order valence-electron chi connectivity index (χ3n) is 7.19. The van der Waals surface area contributed by atoms with Crippen molar-refractivity contribution in [1.82, 2.24) is 0 Å². The molecule has 9 unspecified atom stereocenters. The molecular weight excluding hydrogens is 448 g/mol. The van der Waals surface area contributed by atoms with Crippen LogP contribution in [0.25, 0.3) is 0 Å². The summed E-state index contributed by atoms with van der Waals surface area (Å²) < 4.78 is 11.4. The molecule has 2 heterocycles. The van der Waals surface area contributed by atoms with Gasteiger partial charge in [-0.05, 0) is 52.0 Å². The Hall–Kier alpha value is -1.51. The molecule has 7 heteroatoms. The van der Waals surface area contributed by atoms with Crippen LogP contribution in [-0.2, 0) is 14.3 Å². The molecule has 1 saturated heterocycles. The molecule has 0 aromatic carbocycles. The summed E-state index contributed by atoms with van der Waals surface area (Å²) >= 11 is 0. The van der Waals surface area contributed by atoms with Crippen LogP contribution < -0.4 is 0 Å². The van der Waals surface area contributed by atoms with Crippen molar-refractivity contribution in [3.63, 3.8) is 0 Å². The Labute approximate surface area is 210 Å². The summed E-state index contributed by atoms with van der Waals surface area (Å²) in [5.41, 5.74) is -1.22. The first-order valence-corrected chi connectivity index (χ1v) is 12.9. The van der Waals surface area contributed by atoms with Crippen LogP contribution in [0.2, 0.25) is 0 Å². The number of allylic oxidation sites excluding steroid dienone is 2. The van der Waals surface area contributed by atoms with Gasteiger partial charge in [-0.2, -0.15) is 0 Å². The SMILES string of the molecule is CCC(O)C(C)C1OC1CC(C)(O)C=CC=C(C)C1OC(=O)CC(O)CCC(C)(O)CC=CC1C. The molecule has 2 aliphatic heterocycles. The fourth-order valence-electron chi connectivity index (χ4n) is 4.67. The summed E-state index contributed by atoms with van der Waals surface area (Å²) in [6.07, 6.45) is 9.37. The summed E-state index contributed by atoms with van der Waals surface area (Å²) in [6, 6.07) is 0. The minimum Gasteiger partial charge on any atom is -0.457 e. The zero-order chi connectivity index (χ0) is 26.4. The number of aliphatic hydroxyl groups is 4. The van der Waals surface area contributed by atoms with Crippen molar-refractivity contribution in [2.75, 3.05) is 0 Å². The zero-order valence-corrected chi connectivity index (χ0v) is 22.2. The average molecular weight is 495 g/mol. The number of carbonyl (C=O) groups excluding carboxylic acids is 1. The Kier molecular flexibility index (Phi) is 10.7. The molecule has 0 amide bonds. The second-order valence-corrected chi connectivity index (χ2v) is 11.1. The molecule has 4 N–H and O–H groups in total. The van der Waals surface area contributed by atoms with Crippen LogP contribution in [0.4, 0.5) is 0 Å². The minimum atomic E-state index is -1.09. The normalized spacial score (nSPS) is 36.6. The standard InChI is InChI=1S/C28H46O7/c1-7-22(30)20(4)26-23(34-26)17-28(6,33)14-9-11-19(3)25-18(2)10-8-13-27(5,32)15-12-21(29)16-24(31)35-25/h8-11,14,18,20-23,25-26,29-30,32-33H,7,12-13,15-17H2,1-6H3. The van der Waals surface area contributed by atoms with Gasteiger partial charge in [-0.1, -0.05) is 51.2 Å². The number of cyclic esters (lactones) is 1. The Morgan fingerprint density at radius 1 is 1.40 bits per heavy atom. The smallest absolute Gasteiger partial charge is 0.309 e. The predicted octanol–water partition coefficient (Wildman–Crippen LogP) is 3.59. The van der Waals surface area contributed by atoms with E-state index in [4.69, 9.17) is 9.47 Å². The van der Waals surface area contributed by atoms with Crippen LogP contribution in [-0.4, -0.2) is 68.1 Å². The van der Waals surface area contributed by atoms with E-state index in [9.17, 15) is 25.2 Å². The van der Waals surface area contributed by atoms with Crippen molar-refractivity contribution in [3.8, 4) is 0 Å². The molecule has 0 aromatic rings. The van der Waals surface area contributed by atoms with Gasteiger partial charge in [0, 0.05) is 18.3 Å². The molecule has 0 aliphatic carbocycles. The van der Waals surface area contributed by atoms with Crippen LogP contribution in [0, 0.1) is 11.8 Å². The van der Waals surface area contributed by atoms with E-state index in [1.807, 2.05) is 45.9 Å².